The van der Waals surface area contributed by atoms with E-state index in [0.717, 1.165) is 25.7 Å². The maximum atomic E-state index is 9.26. The molecular formula is C22H28O3. The van der Waals surface area contributed by atoms with Crippen LogP contribution in [0.25, 0.3) is 0 Å². The van der Waals surface area contributed by atoms with Gasteiger partial charge in [0.1, 0.15) is 0 Å². The van der Waals surface area contributed by atoms with Gasteiger partial charge in [0.15, 0.2) is 0 Å². The lowest BCUT2D eigenvalue weighted by molar-refractivity contribution is -0.115. The first-order chi connectivity index (χ1) is 12.3. The Morgan fingerprint density at radius 1 is 0.760 bits per heavy atom. The van der Waals surface area contributed by atoms with E-state index in [1.807, 2.05) is 36.4 Å². The molecule has 3 nitrogen and oxygen atoms in total. The van der Waals surface area contributed by atoms with Gasteiger partial charge in [-0.15, -0.1) is 0 Å². The number of hydrogen-bond acceptors (Lipinski definition) is 3. The molecule has 2 aromatic rings. The summed E-state index contributed by atoms with van der Waals surface area (Å²) in [5, 5.41) is 9.26. The second kappa shape index (κ2) is 9.71. The molecule has 0 radical (unpaired) electrons. The van der Waals surface area contributed by atoms with E-state index < -0.39 is 0 Å². The van der Waals surface area contributed by atoms with Crippen molar-refractivity contribution in [2.75, 3.05) is 6.61 Å². The second-order valence-electron chi connectivity index (χ2n) is 6.86. The van der Waals surface area contributed by atoms with Gasteiger partial charge in [-0.05, 0) is 42.7 Å². The average molecular weight is 340 g/mol. The van der Waals surface area contributed by atoms with Crippen LogP contribution in [0.3, 0.4) is 0 Å². The van der Waals surface area contributed by atoms with Gasteiger partial charge < -0.3 is 14.6 Å². The van der Waals surface area contributed by atoms with Crippen molar-refractivity contribution in [1.29, 1.82) is 0 Å². The lowest BCUT2D eigenvalue weighted by Gasteiger charge is -2.36. The summed E-state index contributed by atoms with van der Waals surface area (Å²) in [4.78, 5) is 0. The first-order valence-corrected chi connectivity index (χ1v) is 9.27. The van der Waals surface area contributed by atoms with Gasteiger partial charge in [-0.3, -0.25) is 0 Å². The SMILES string of the molecule is OCC[C@@H]1CC[C@@H](OCc2ccccc2)[C@H](OCc2ccccc2)C1. The van der Waals surface area contributed by atoms with Crippen molar-refractivity contribution in [3.63, 3.8) is 0 Å². The Balaban J connectivity index is 1.58. The van der Waals surface area contributed by atoms with Crippen LogP contribution in [-0.2, 0) is 22.7 Å². The maximum Gasteiger partial charge on any atom is 0.0844 e. The minimum Gasteiger partial charge on any atom is -0.396 e. The van der Waals surface area contributed by atoms with Gasteiger partial charge in [0, 0.05) is 6.61 Å². The van der Waals surface area contributed by atoms with Crippen molar-refractivity contribution in [3.05, 3.63) is 71.8 Å². The van der Waals surface area contributed by atoms with Gasteiger partial charge in [0.2, 0.25) is 0 Å². The average Bonchev–Trinajstić information content (AvgIpc) is 2.67. The monoisotopic (exact) mass is 340 g/mol. The Bertz CT molecular complexity index is 599. The van der Waals surface area contributed by atoms with Crippen molar-refractivity contribution in [2.24, 2.45) is 5.92 Å². The molecule has 1 N–H and O–H groups in total. The predicted molar refractivity (Wildman–Crippen MR) is 99.1 cm³/mol. The van der Waals surface area contributed by atoms with E-state index in [0.29, 0.717) is 19.1 Å². The number of aliphatic hydroxyl groups excluding tert-OH is 1. The van der Waals surface area contributed by atoms with E-state index in [-0.39, 0.29) is 18.8 Å². The maximum absolute atomic E-state index is 9.26. The summed E-state index contributed by atoms with van der Waals surface area (Å²) in [7, 11) is 0. The highest BCUT2D eigenvalue weighted by Crippen LogP contribution is 2.31. The first kappa shape index (κ1) is 18.1. The fraction of sp³-hybridized carbons (Fsp3) is 0.455. The van der Waals surface area contributed by atoms with Crippen LogP contribution in [0.15, 0.2) is 60.7 Å². The molecule has 25 heavy (non-hydrogen) atoms. The van der Waals surface area contributed by atoms with Crippen LogP contribution in [0.2, 0.25) is 0 Å². The molecule has 0 aromatic heterocycles. The van der Waals surface area contributed by atoms with Crippen LogP contribution in [0.1, 0.15) is 36.8 Å². The predicted octanol–water partition coefficient (Wildman–Crippen LogP) is 4.34. The molecule has 0 heterocycles. The van der Waals surface area contributed by atoms with Crippen LogP contribution >= 0.6 is 0 Å². The van der Waals surface area contributed by atoms with E-state index in [1.165, 1.54) is 11.1 Å². The molecule has 0 bridgehead atoms. The first-order valence-electron chi connectivity index (χ1n) is 9.27. The molecule has 0 amide bonds. The van der Waals surface area contributed by atoms with E-state index in [9.17, 15) is 5.11 Å². The highest BCUT2D eigenvalue weighted by atomic mass is 16.5. The van der Waals surface area contributed by atoms with Crippen molar-refractivity contribution in [1.82, 2.24) is 0 Å². The lowest BCUT2D eigenvalue weighted by atomic mass is 9.83. The number of aliphatic hydroxyl groups is 1. The highest BCUT2D eigenvalue weighted by Gasteiger charge is 2.31. The summed E-state index contributed by atoms with van der Waals surface area (Å²) >= 11 is 0. The van der Waals surface area contributed by atoms with Crippen LogP contribution < -0.4 is 0 Å². The van der Waals surface area contributed by atoms with E-state index in [2.05, 4.69) is 24.3 Å². The molecule has 3 heteroatoms. The fourth-order valence-electron chi connectivity index (χ4n) is 3.55. The van der Waals surface area contributed by atoms with Crippen molar-refractivity contribution >= 4 is 0 Å². The third kappa shape index (κ3) is 5.67. The minimum absolute atomic E-state index is 0.0919. The van der Waals surface area contributed by atoms with Gasteiger partial charge >= 0.3 is 0 Å². The molecule has 1 aliphatic rings. The molecule has 3 rings (SSSR count). The molecule has 134 valence electrons. The molecule has 0 aliphatic heterocycles. The molecule has 2 aromatic carbocycles. The molecule has 0 saturated heterocycles. The zero-order valence-corrected chi connectivity index (χ0v) is 14.7. The quantitative estimate of drug-likeness (QED) is 0.777. The molecule has 1 saturated carbocycles. The normalized spacial score (nSPS) is 23.5. The summed E-state index contributed by atoms with van der Waals surface area (Å²) in [5.41, 5.74) is 2.38. The highest BCUT2D eigenvalue weighted by molar-refractivity contribution is 5.14. The van der Waals surface area contributed by atoms with Gasteiger partial charge in [0.05, 0.1) is 25.4 Å². The lowest BCUT2D eigenvalue weighted by Crippen LogP contribution is -2.38. The Morgan fingerprint density at radius 2 is 1.32 bits per heavy atom. The molecular weight excluding hydrogens is 312 g/mol. The third-order valence-corrected chi connectivity index (χ3v) is 4.99. The molecule has 3 atom stereocenters. The van der Waals surface area contributed by atoms with E-state index in [4.69, 9.17) is 9.47 Å². The summed E-state index contributed by atoms with van der Waals surface area (Å²) in [6.07, 6.45) is 4.14. The molecule has 0 spiro atoms. The van der Waals surface area contributed by atoms with Gasteiger partial charge in [-0.25, -0.2) is 0 Å². The van der Waals surface area contributed by atoms with Crippen LogP contribution in [0, 0.1) is 5.92 Å². The summed E-state index contributed by atoms with van der Waals surface area (Å²) in [6, 6.07) is 20.6. The van der Waals surface area contributed by atoms with E-state index >= 15 is 0 Å². The zero-order valence-electron chi connectivity index (χ0n) is 14.7. The van der Waals surface area contributed by atoms with Crippen molar-refractivity contribution in [2.45, 2.75) is 51.1 Å². The van der Waals surface area contributed by atoms with Gasteiger partial charge in [0.25, 0.3) is 0 Å². The van der Waals surface area contributed by atoms with Crippen LogP contribution in [0.4, 0.5) is 0 Å². The summed E-state index contributed by atoms with van der Waals surface area (Å²) in [6.45, 7) is 1.50. The Labute approximate surface area is 150 Å². The van der Waals surface area contributed by atoms with Crippen LogP contribution in [0.5, 0.6) is 0 Å². The molecule has 0 unspecified atom stereocenters. The smallest absolute Gasteiger partial charge is 0.0844 e. The largest absolute Gasteiger partial charge is 0.396 e. The summed E-state index contributed by atoms with van der Waals surface area (Å²) < 4.78 is 12.4. The van der Waals surface area contributed by atoms with Crippen molar-refractivity contribution in [3.8, 4) is 0 Å². The second-order valence-corrected chi connectivity index (χ2v) is 6.86. The Kier molecular flexibility index (Phi) is 7.04. The number of rotatable bonds is 8. The van der Waals surface area contributed by atoms with Gasteiger partial charge in [-0.2, -0.15) is 0 Å². The number of ether oxygens (including phenoxy) is 2. The third-order valence-electron chi connectivity index (χ3n) is 4.99. The van der Waals surface area contributed by atoms with E-state index in [1.54, 1.807) is 0 Å². The zero-order chi connectivity index (χ0) is 17.3. The topological polar surface area (TPSA) is 38.7 Å². The number of hydrogen-bond donors (Lipinski definition) is 1. The standard InChI is InChI=1S/C22H28O3/c23-14-13-18-11-12-21(24-16-19-7-3-1-4-8-19)22(15-18)25-17-20-9-5-2-6-10-20/h1-10,18,21-23H,11-17H2/t18-,21+,22+/m0/s1. The van der Waals surface area contributed by atoms with Crippen molar-refractivity contribution < 1.29 is 14.6 Å². The van der Waals surface area contributed by atoms with Gasteiger partial charge in [-0.1, -0.05) is 60.7 Å². The summed E-state index contributed by atoms with van der Waals surface area (Å²) in [5.74, 6) is 0.530. The van der Waals surface area contributed by atoms with Crippen LogP contribution in [-0.4, -0.2) is 23.9 Å². The Morgan fingerprint density at radius 3 is 1.88 bits per heavy atom. The Hall–Kier alpha value is -1.68. The molecule has 1 fully saturated rings. The minimum atomic E-state index is 0.0919. The fourth-order valence-corrected chi connectivity index (χ4v) is 3.55. The number of benzene rings is 2. The molecule has 1 aliphatic carbocycles.